The van der Waals surface area contributed by atoms with Crippen LogP contribution in [0.1, 0.15) is 12.1 Å². The number of amides is 1. The smallest absolute Gasteiger partial charge is 0.272 e. The number of ether oxygens (including phenoxy) is 1. The molecule has 0 saturated heterocycles. The van der Waals surface area contributed by atoms with E-state index in [9.17, 15) is 9.59 Å². The fourth-order valence-electron chi connectivity index (χ4n) is 3.64. The van der Waals surface area contributed by atoms with Gasteiger partial charge in [0.25, 0.3) is 5.56 Å². The lowest BCUT2D eigenvalue weighted by atomic mass is 10.2. The lowest BCUT2D eigenvalue weighted by Gasteiger charge is -2.09. The Hall–Kier alpha value is -3.61. The molecule has 4 aromatic rings. The fourth-order valence-corrected chi connectivity index (χ4v) is 3.64. The van der Waals surface area contributed by atoms with Crippen LogP contribution in [0.15, 0.2) is 59.5 Å². The molecule has 0 radical (unpaired) electrons. The number of para-hydroxylation sites is 2. The van der Waals surface area contributed by atoms with Gasteiger partial charge in [-0.1, -0.05) is 12.1 Å². The van der Waals surface area contributed by atoms with Crippen molar-refractivity contribution in [3.8, 4) is 5.75 Å². The van der Waals surface area contributed by atoms with Gasteiger partial charge in [0.2, 0.25) is 5.91 Å². The van der Waals surface area contributed by atoms with Crippen molar-refractivity contribution in [2.45, 2.75) is 19.4 Å². The van der Waals surface area contributed by atoms with Crippen molar-refractivity contribution < 1.29 is 9.53 Å². The number of aryl methyl sites for hydroxylation is 2. The second-order valence-electron chi connectivity index (χ2n) is 7.20. The number of fused-ring (bicyclic) bond motifs is 2. The summed E-state index contributed by atoms with van der Waals surface area (Å²) in [6, 6.07) is 15.4. The average Bonchev–Trinajstić information content (AvgIpc) is 3.17. The van der Waals surface area contributed by atoms with E-state index >= 15 is 0 Å². The first-order chi connectivity index (χ1) is 14.6. The van der Waals surface area contributed by atoms with Crippen LogP contribution < -0.4 is 15.6 Å². The second-order valence-corrected chi connectivity index (χ2v) is 7.20. The molecule has 0 bridgehead atoms. The third-order valence-corrected chi connectivity index (χ3v) is 5.29. The van der Waals surface area contributed by atoms with E-state index in [0.717, 1.165) is 27.7 Å². The molecule has 0 aliphatic rings. The molecule has 1 N–H and O–H groups in total. The molecule has 0 fully saturated rings. The van der Waals surface area contributed by atoms with Gasteiger partial charge in [0.05, 0.1) is 18.1 Å². The minimum atomic E-state index is -0.157. The minimum Gasteiger partial charge on any atom is -0.497 e. The summed E-state index contributed by atoms with van der Waals surface area (Å²) in [5.74, 6) is 0.729. The van der Waals surface area contributed by atoms with Crippen molar-refractivity contribution in [3.05, 3.63) is 70.8 Å². The summed E-state index contributed by atoms with van der Waals surface area (Å²) in [7, 11) is 3.38. The second kappa shape index (κ2) is 8.41. The third-order valence-electron chi connectivity index (χ3n) is 5.29. The van der Waals surface area contributed by atoms with E-state index < -0.39 is 0 Å². The van der Waals surface area contributed by atoms with Gasteiger partial charge >= 0.3 is 0 Å². The fraction of sp³-hybridized carbons (Fsp3) is 0.261. The maximum absolute atomic E-state index is 12.5. The highest BCUT2D eigenvalue weighted by atomic mass is 16.5. The maximum atomic E-state index is 12.5. The molecule has 2 heterocycles. The molecule has 0 unspecified atom stereocenters. The van der Waals surface area contributed by atoms with Gasteiger partial charge in [-0.2, -0.15) is 0 Å². The van der Waals surface area contributed by atoms with Gasteiger partial charge < -0.3 is 19.2 Å². The summed E-state index contributed by atoms with van der Waals surface area (Å²) in [4.78, 5) is 29.2. The lowest BCUT2D eigenvalue weighted by molar-refractivity contribution is -0.121. The van der Waals surface area contributed by atoms with Crippen LogP contribution in [-0.2, 0) is 24.8 Å². The van der Waals surface area contributed by atoms with Crippen molar-refractivity contribution in [2.75, 3.05) is 13.7 Å². The zero-order chi connectivity index (χ0) is 21.1. The van der Waals surface area contributed by atoms with Gasteiger partial charge in [0.1, 0.15) is 11.4 Å². The Bertz CT molecular complexity index is 1270. The summed E-state index contributed by atoms with van der Waals surface area (Å²) in [5.41, 5.74) is 2.89. The molecule has 0 saturated carbocycles. The van der Waals surface area contributed by atoms with Crippen LogP contribution in [0.3, 0.4) is 0 Å². The standard InChI is InChI=1S/C23H24N4O3/c1-26-21-6-4-3-5-18(21)25-19(23(26)29)8-10-22(28)24-12-14-27-13-11-16-15-17(30-2)7-9-20(16)27/h3-7,9,11,13,15H,8,10,12,14H2,1-2H3,(H,24,28). The Morgan fingerprint density at radius 3 is 2.80 bits per heavy atom. The first-order valence-electron chi connectivity index (χ1n) is 9.91. The molecular weight excluding hydrogens is 380 g/mol. The number of hydrogen-bond acceptors (Lipinski definition) is 4. The number of hydrogen-bond donors (Lipinski definition) is 1. The SMILES string of the molecule is COc1ccc2c(ccn2CCNC(=O)CCc2nc3ccccc3n(C)c2=O)c1. The highest BCUT2D eigenvalue weighted by Gasteiger charge is 2.11. The van der Waals surface area contributed by atoms with E-state index in [1.807, 2.05) is 54.7 Å². The Morgan fingerprint density at radius 1 is 1.13 bits per heavy atom. The normalized spacial score (nSPS) is 11.1. The van der Waals surface area contributed by atoms with Crippen LogP contribution >= 0.6 is 0 Å². The molecule has 7 nitrogen and oxygen atoms in total. The number of rotatable bonds is 7. The quantitative estimate of drug-likeness (QED) is 0.514. The summed E-state index contributed by atoms with van der Waals surface area (Å²) in [6.45, 7) is 1.18. The molecular formula is C23H24N4O3. The van der Waals surface area contributed by atoms with E-state index in [2.05, 4.69) is 14.9 Å². The van der Waals surface area contributed by atoms with Gasteiger partial charge in [-0.05, 0) is 36.4 Å². The summed E-state index contributed by atoms with van der Waals surface area (Å²) < 4.78 is 8.93. The zero-order valence-corrected chi connectivity index (χ0v) is 17.1. The van der Waals surface area contributed by atoms with Crippen LogP contribution in [0.2, 0.25) is 0 Å². The van der Waals surface area contributed by atoms with Gasteiger partial charge in [0, 0.05) is 50.1 Å². The van der Waals surface area contributed by atoms with Crippen LogP contribution in [0, 0.1) is 0 Å². The molecule has 0 atom stereocenters. The van der Waals surface area contributed by atoms with Crippen molar-refractivity contribution >= 4 is 27.8 Å². The number of aromatic nitrogens is 3. The predicted molar refractivity (Wildman–Crippen MR) is 117 cm³/mol. The molecule has 7 heteroatoms. The largest absolute Gasteiger partial charge is 0.497 e. The number of benzene rings is 2. The Balaban J connectivity index is 1.34. The molecule has 2 aromatic heterocycles. The first-order valence-corrected chi connectivity index (χ1v) is 9.91. The lowest BCUT2D eigenvalue weighted by Crippen LogP contribution is -2.29. The monoisotopic (exact) mass is 404 g/mol. The van der Waals surface area contributed by atoms with E-state index in [-0.39, 0.29) is 17.9 Å². The predicted octanol–water partition coefficient (Wildman–Crippen LogP) is 2.65. The van der Waals surface area contributed by atoms with Crippen LogP contribution in [0.5, 0.6) is 5.75 Å². The highest BCUT2D eigenvalue weighted by Crippen LogP contribution is 2.21. The van der Waals surface area contributed by atoms with Gasteiger partial charge in [-0.3, -0.25) is 9.59 Å². The molecule has 2 aromatic carbocycles. The van der Waals surface area contributed by atoms with Crippen molar-refractivity contribution in [2.24, 2.45) is 7.05 Å². The van der Waals surface area contributed by atoms with E-state index in [1.54, 1.807) is 18.7 Å². The molecule has 0 aliphatic carbocycles. The molecule has 30 heavy (non-hydrogen) atoms. The average molecular weight is 404 g/mol. The molecule has 154 valence electrons. The number of methoxy groups -OCH3 is 1. The Labute approximate surface area is 173 Å². The van der Waals surface area contributed by atoms with Crippen molar-refractivity contribution in [1.29, 1.82) is 0 Å². The van der Waals surface area contributed by atoms with Crippen molar-refractivity contribution in [3.63, 3.8) is 0 Å². The van der Waals surface area contributed by atoms with E-state index in [1.165, 1.54) is 0 Å². The molecule has 0 aliphatic heterocycles. The first kappa shape index (κ1) is 19.7. The zero-order valence-electron chi connectivity index (χ0n) is 17.1. The Morgan fingerprint density at radius 2 is 1.97 bits per heavy atom. The van der Waals surface area contributed by atoms with Crippen LogP contribution in [0.4, 0.5) is 0 Å². The maximum Gasteiger partial charge on any atom is 0.272 e. The minimum absolute atomic E-state index is 0.0925. The molecule has 1 amide bonds. The number of nitrogens with one attached hydrogen (secondary N) is 1. The van der Waals surface area contributed by atoms with Gasteiger partial charge in [0.15, 0.2) is 0 Å². The van der Waals surface area contributed by atoms with Crippen LogP contribution in [-0.4, -0.2) is 33.7 Å². The van der Waals surface area contributed by atoms with Crippen LogP contribution in [0.25, 0.3) is 21.9 Å². The molecule has 4 rings (SSSR count). The van der Waals surface area contributed by atoms with E-state index in [0.29, 0.717) is 25.2 Å². The number of carbonyl (C=O) groups excluding carboxylic acids is 1. The van der Waals surface area contributed by atoms with E-state index in [4.69, 9.17) is 4.74 Å². The summed E-state index contributed by atoms with van der Waals surface area (Å²) in [6.07, 6.45) is 2.54. The third kappa shape index (κ3) is 3.91. The number of carbonyl (C=O) groups is 1. The summed E-state index contributed by atoms with van der Waals surface area (Å²) >= 11 is 0. The topological polar surface area (TPSA) is 78.2 Å². The number of nitrogens with zero attached hydrogens (tertiary/aromatic N) is 3. The molecule has 0 spiro atoms. The van der Waals surface area contributed by atoms with Crippen molar-refractivity contribution in [1.82, 2.24) is 19.4 Å². The highest BCUT2D eigenvalue weighted by molar-refractivity contribution is 5.81. The summed E-state index contributed by atoms with van der Waals surface area (Å²) in [5, 5.41) is 4.02. The Kier molecular flexibility index (Phi) is 5.52. The van der Waals surface area contributed by atoms with Gasteiger partial charge in [-0.15, -0.1) is 0 Å². The van der Waals surface area contributed by atoms with Gasteiger partial charge in [-0.25, -0.2) is 4.98 Å².